The molecule has 2 aromatic carbocycles. The van der Waals surface area contributed by atoms with Crippen LogP contribution in [0.4, 0.5) is 0 Å². The van der Waals surface area contributed by atoms with E-state index in [1.165, 1.54) is 18.4 Å². The molecule has 1 saturated heterocycles. The highest BCUT2D eigenvalue weighted by molar-refractivity contribution is 5.85. The van der Waals surface area contributed by atoms with Gasteiger partial charge in [-0.3, -0.25) is 9.69 Å². The molecule has 1 heterocycles. The molecule has 2 aliphatic rings. The van der Waals surface area contributed by atoms with E-state index in [0.29, 0.717) is 12.5 Å². The second-order valence-corrected chi connectivity index (χ2v) is 8.32. The molecule has 1 aliphatic heterocycles. The number of nitrogens with zero attached hydrogens (tertiary/aromatic N) is 1. The van der Waals surface area contributed by atoms with Crippen molar-refractivity contribution in [2.24, 2.45) is 0 Å². The van der Waals surface area contributed by atoms with E-state index in [-0.39, 0.29) is 18.4 Å². The fourth-order valence-corrected chi connectivity index (χ4v) is 4.97. The van der Waals surface area contributed by atoms with Crippen LogP contribution in [0.25, 0.3) is 0 Å². The van der Waals surface area contributed by atoms with E-state index < -0.39 is 5.41 Å². The van der Waals surface area contributed by atoms with E-state index in [1.807, 2.05) is 18.2 Å². The molecule has 1 saturated carbocycles. The fraction of sp³-hybridized carbons (Fsp3) is 0.480. The lowest BCUT2D eigenvalue weighted by Crippen LogP contribution is -2.39. The summed E-state index contributed by atoms with van der Waals surface area (Å²) in [5.41, 5.74) is 2.17. The molecule has 2 fully saturated rings. The molecule has 1 aliphatic carbocycles. The third kappa shape index (κ3) is 5.02. The van der Waals surface area contributed by atoms with E-state index in [4.69, 9.17) is 4.74 Å². The average molecular weight is 414 g/mol. The zero-order valence-electron chi connectivity index (χ0n) is 17.1. The van der Waals surface area contributed by atoms with Crippen molar-refractivity contribution in [3.63, 3.8) is 0 Å². The van der Waals surface area contributed by atoms with Crippen LogP contribution in [0.1, 0.15) is 55.6 Å². The van der Waals surface area contributed by atoms with Crippen molar-refractivity contribution >= 4 is 18.4 Å². The molecule has 29 heavy (non-hydrogen) atoms. The lowest BCUT2D eigenvalue weighted by atomic mass is 9.79. The maximum Gasteiger partial charge on any atom is 0.316 e. The van der Waals surface area contributed by atoms with Gasteiger partial charge >= 0.3 is 5.97 Å². The van der Waals surface area contributed by atoms with Crippen molar-refractivity contribution in [1.29, 1.82) is 0 Å². The number of hydrogen-bond donors (Lipinski definition) is 0. The molecular weight excluding hydrogens is 382 g/mol. The first kappa shape index (κ1) is 21.9. The summed E-state index contributed by atoms with van der Waals surface area (Å²) in [5.74, 6) is 0.648. The van der Waals surface area contributed by atoms with Gasteiger partial charge in [-0.25, -0.2) is 0 Å². The molecule has 0 unspecified atom stereocenters. The van der Waals surface area contributed by atoms with Crippen molar-refractivity contribution < 1.29 is 9.53 Å². The highest BCUT2D eigenvalue weighted by Crippen LogP contribution is 2.42. The van der Waals surface area contributed by atoms with Gasteiger partial charge in [0, 0.05) is 6.54 Å². The van der Waals surface area contributed by atoms with Crippen LogP contribution in [0.15, 0.2) is 60.7 Å². The van der Waals surface area contributed by atoms with E-state index in [0.717, 1.165) is 50.9 Å². The van der Waals surface area contributed by atoms with Gasteiger partial charge in [0.25, 0.3) is 0 Å². The molecular formula is C25H32ClNO2. The van der Waals surface area contributed by atoms with E-state index >= 15 is 0 Å². The predicted octanol–water partition coefficient (Wildman–Crippen LogP) is 5.34. The molecule has 4 rings (SSSR count). The quantitative estimate of drug-likeness (QED) is 0.598. The third-order valence-corrected chi connectivity index (χ3v) is 6.67. The molecule has 2 aromatic rings. The maximum absolute atomic E-state index is 13.0. The SMILES string of the molecule is Cl.O=C(OCCN1CCC(c2ccccc2)CC1)C1(c2ccccc2)CCCC1. The van der Waals surface area contributed by atoms with E-state index in [2.05, 4.69) is 47.4 Å². The van der Waals surface area contributed by atoms with Gasteiger partial charge in [0.05, 0.1) is 5.41 Å². The number of carbonyl (C=O) groups is 1. The van der Waals surface area contributed by atoms with Crippen molar-refractivity contribution in [3.05, 3.63) is 71.8 Å². The van der Waals surface area contributed by atoms with Crippen LogP contribution in [0.3, 0.4) is 0 Å². The first-order valence-corrected chi connectivity index (χ1v) is 10.8. The second kappa shape index (κ2) is 10.3. The Hall–Kier alpha value is -1.84. The van der Waals surface area contributed by atoms with Gasteiger partial charge in [0.2, 0.25) is 0 Å². The van der Waals surface area contributed by atoms with Gasteiger partial charge in [0.1, 0.15) is 6.61 Å². The summed E-state index contributed by atoms with van der Waals surface area (Å²) in [4.78, 5) is 15.4. The summed E-state index contributed by atoms with van der Waals surface area (Å²) in [6, 6.07) is 21.1. The van der Waals surface area contributed by atoms with Gasteiger partial charge in [-0.2, -0.15) is 0 Å². The number of carbonyl (C=O) groups excluding carboxylic acids is 1. The minimum absolute atomic E-state index is 0. The zero-order valence-corrected chi connectivity index (χ0v) is 17.9. The van der Waals surface area contributed by atoms with Gasteiger partial charge < -0.3 is 4.74 Å². The molecule has 4 heteroatoms. The summed E-state index contributed by atoms with van der Waals surface area (Å²) in [6.07, 6.45) is 6.42. The monoisotopic (exact) mass is 413 g/mol. The van der Waals surface area contributed by atoms with Crippen LogP contribution < -0.4 is 0 Å². The summed E-state index contributed by atoms with van der Waals surface area (Å²) in [7, 11) is 0. The second-order valence-electron chi connectivity index (χ2n) is 8.32. The third-order valence-electron chi connectivity index (χ3n) is 6.67. The number of rotatable bonds is 6. The molecule has 0 radical (unpaired) electrons. The highest BCUT2D eigenvalue weighted by atomic mass is 35.5. The number of hydrogen-bond acceptors (Lipinski definition) is 3. The van der Waals surface area contributed by atoms with Crippen LogP contribution in [-0.2, 0) is 14.9 Å². The number of benzene rings is 2. The van der Waals surface area contributed by atoms with Crippen molar-refractivity contribution in [2.45, 2.75) is 49.9 Å². The zero-order chi connectivity index (χ0) is 19.2. The average Bonchev–Trinajstić information content (AvgIpc) is 3.27. The van der Waals surface area contributed by atoms with Crippen LogP contribution in [0.2, 0.25) is 0 Å². The minimum atomic E-state index is -0.415. The van der Waals surface area contributed by atoms with Gasteiger partial charge in [-0.05, 0) is 55.8 Å². The Balaban J connectivity index is 0.00000240. The molecule has 0 amide bonds. The van der Waals surface area contributed by atoms with Gasteiger partial charge in [-0.1, -0.05) is 73.5 Å². The van der Waals surface area contributed by atoms with Crippen molar-refractivity contribution in [1.82, 2.24) is 4.90 Å². The molecule has 3 nitrogen and oxygen atoms in total. The lowest BCUT2D eigenvalue weighted by Gasteiger charge is -2.32. The standard InChI is InChI=1S/C25H31NO2.ClH/c27-24(25(15-7-8-16-25)23-11-5-2-6-12-23)28-20-19-26-17-13-22(14-18-26)21-9-3-1-4-10-21;/h1-6,9-12,22H,7-8,13-20H2;1H. The van der Waals surface area contributed by atoms with E-state index in [9.17, 15) is 4.79 Å². The van der Waals surface area contributed by atoms with Gasteiger partial charge in [-0.15, -0.1) is 12.4 Å². The first-order chi connectivity index (χ1) is 13.8. The molecule has 156 valence electrons. The molecule has 0 N–H and O–H groups in total. The van der Waals surface area contributed by atoms with Crippen LogP contribution in [-0.4, -0.2) is 37.1 Å². The lowest BCUT2D eigenvalue weighted by molar-refractivity contribution is -0.151. The normalized spacial score (nSPS) is 19.4. The molecule has 0 atom stereocenters. The highest BCUT2D eigenvalue weighted by Gasteiger charge is 2.44. The summed E-state index contributed by atoms with van der Waals surface area (Å²) in [6.45, 7) is 3.52. The molecule has 0 bridgehead atoms. The number of piperidine rings is 1. The largest absolute Gasteiger partial charge is 0.464 e. The Kier molecular flexibility index (Phi) is 7.74. The fourth-order valence-electron chi connectivity index (χ4n) is 4.97. The summed E-state index contributed by atoms with van der Waals surface area (Å²) >= 11 is 0. The number of ether oxygens (including phenoxy) is 1. The van der Waals surface area contributed by atoms with Crippen LogP contribution >= 0.6 is 12.4 Å². The topological polar surface area (TPSA) is 29.5 Å². The predicted molar refractivity (Wildman–Crippen MR) is 120 cm³/mol. The van der Waals surface area contributed by atoms with Crippen molar-refractivity contribution in [3.8, 4) is 0 Å². The number of likely N-dealkylation sites (tertiary alicyclic amines) is 1. The Bertz CT molecular complexity index is 751. The number of esters is 1. The van der Waals surface area contributed by atoms with E-state index in [1.54, 1.807) is 0 Å². The van der Waals surface area contributed by atoms with Crippen LogP contribution in [0.5, 0.6) is 0 Å². The smallest absolute Gasteiger partial charge is 0.316 e. The minimum Gasteiger partial charge on any atom is -0.464 e. The molecule has 0 aromatic heterocycles. The summed E-state index contributed by atoms with van der Waals surface area (Å²) in [5, 5.41) is 0. The maximum atomic E-state index is 13.0. The first-order valence-electron chi connectivity index (χ1n) is 10.8. The number of halogens is 1. The Morgan fingerprint density at radius 1 is 0.931 bits per heavy atom. The van der Waals surface area contributed by atoms with Gasteiger partial charge in [0.15, 0.2) is 0 Å². The Labute approximate surface area is 180 Å². The van der Waals surface area contributed by atoms with Crippen molar-refractivity contribution in [2.75, 3.05) is 26.2 Å². The van der Waals surface area contributed by atoms with Crippen LogP contribution in [0, 0.1) is 0 Å². The Morgan fingerprint density at radius 2 is 1.52 bits per heavy atom. The molecule has 0 spiro atoms. The Morgan fingerprint density at radius 3 is 2.14 bits per heavy atom. The summed E-state index contributed by atoms with van der Waals surface area (Å²) < 4.78 is 5.82.